The molecule has 32 heavy (non-hydrogen) atoms. The molecule has 4 N–H and O–H groups in total. The van der Waals surface area contributed by atoms with Gasteiger partial charge in [0.1, 0.15) is 0 Å². The molecule has 0 aliphatic carbocycles. The van der Waals surface area contributed by atoms with Crippen molar-refractivity contribution in [2.24, 2.45) is 0 Å². The van der Waals surface area contributed by atoms with Crippen LogP contribution in [0.4, 0.5) is 11.9 Å². The van der Waals surface area contributed by atoms with E-state index in [4.69, 9.17) is 4.98 Å². The Morgan fingerprint density at radius 1 is 1.09 bits per heavy atom. The summed E-state index contributed by atoms with van der Waals surface area (Å²) in [6.45, 7) is 6.92. The quantitative estimate of drug-likeness (QED) is 0.302. The summed E-state index contributed by atoms with van der Waals surface area (Å²) < 4.78 is 1.86. The van der Waals surface area contributed by atoms with Gasteiger partial charge in [-0.25, -0.2) is 0 Å². The predicted octanol–water partition coefficient (Wildman–Crippen LogP) is 3.52. The van der Waals surface area contributed by atoms with E-state index >= 15 is 0 Å². The molecule has 1 aromatic carbocycles. The van der Waals surface area contributed by atoms with Crippen LogP contribution in [0.5, 0.6) is 0 Å². The van der Waals surface area contributed by atoms with Crippen LogP contribution in [0.25, 0.3) is 16.9 Å². The molecule has 4 aromatic rings. The molecule has 0 unspecified atom stereocenters. The van der Waals surface area contributed by atoms with Gasteiger partial charge >= 0.3 is 11.9 Å². The van der Waals surface area contributed by atoms with Gasteiger partial charge in [-0.3, -0.25) is 15.4 Å². The SMILES string of the molecule is CC[C@H](CO)Nc1nc(NCc2ccc(-c3ccccn3)cc2)[n+]2[nH]cc(C(C)C)c2n1. The zero-order valence-electron chi connectivity index (χ0n) is 18.7. The average Bonchev–Trinajstić information content (AvgIpc) is 3.26. The average molecular weight is 433 g/mol. The Hall–Kier alpha value is -3.52. The Morgan fingerprint density at radius 3 is 2.56 bits per heavy atom. The minimum atomic E-state index is -0.0918. The fourth-order valence-electron chi connectivity index (χ4n) is 3.52. The highest BCUT2D eigenvalue weighted by Crippen LogP contribution is 2.20. The second-order valence-corrected chi connectivity index (χ2v) is 8.11. The van der Waals surface area contributed by atoms with Crippen molar-refractivity contribution >= 4 is 17.5 Å². The van der Waals surface area contributed by atoms with E-state index in [9.17, 15) is 5.11 Å². The van der Waals surface area contributed by atoms with Crippen LogP contribution in [0.1, 0.15) is 44.2 Å². The van der Waals surface area contributed by atoms with Crippen LogP contribution < -0.4 is 15.1 Å². The van der Waals surface area contributed by atoms with Gasteiger partial charge < -0.3 is 10.4 Å². The summed E-state index contributed by atoms with van der Waals surface area (Å²) in [6.07, 6.45) is 4.55. The summed E-state index contributed by atoms with van der Waals surface area (Å²) in [5.41, 5.74) is 5.09. The first-order valence-electron chi connectivity index (χ1n) is 11.0. The van der Waals surface area contributed by atoms with Gasteiger partial charge in [-0.1, -0.05) is 61.1 Å². The molecule has 8 heteroatoms. The summed E-state index contributed by atoms with van der Waals surface area (Å²) >= 11 is 0. The van der Waals surface area contributed by atoms with Crippen LogP contribution in [0.2, 0.25) is 0 Å². The third-order valence-electron chi connectivity index (χ3n) is 5.49. The number of aromatic nitrogens is 5. The van der Waals surface area contributed by atoms with Gasteiger partial charge in [-0.2, -0.15) is 0 Å². The van der Waals surface area contributed by atoms with E-state index in [0.717, 1.165) is 34.5 Å². The number of pyridine rings is 1. The molecule has 4 rings (SSSR count). The Morgan fingerprint density at radius 2 is 1.91 bits per heavy atom. The number of hydrogen-bond acceptors (Lipinski definition) is 6. The van der Waals surface area contributed by atoms with Crippen molar-refractivity contribution in [3.63, 3.8) is 0 Å². The normalized spacial score (nSPS) is 12.3. The Kier molecular flexibility index (Phi) is 6.61. The lowest BCUT2D eigenvalue weighted by atomic mass is 10.1. The molecule has 3 aromatic heterocycles. The third-order valence-corrected chi connectivity index (χ3v) is 5.49. The van der Waals surface area contributed by atoms with Crippen molar-refractivity contribution in [3.8, 4) is 11.3 Å². The number of hydrogen-bond donors (Lipinski definition) is 4. The van der Waals surface area contributed by atoms with Crippen molar-refractivity contribution in [1.29, 1.82) is 0 Å². The van der Waals surface area contributed by atoms with Crippen molar-refractivity contribution in [2.45, 2.75) is 45.7 Å². The molecule has 166 valence electrons. The molecule has 0 aliphatic heterocycles. The molecular formula is C24H30N7O+. The largest absolute Gasteiger partial charge is 0.394 e. The summed E-state index contributed by atoms with van der Waals surface area (Å²) in [5, 5.41) is 19.5. The highest BCUT2D eigenvalue weighted by Gasteiger charge is 2.22. The zero-order chi connectivity index (χ0) is 22.5. The lowest BCUT2D eigenvalue weighted by Gasteiger charge is -2.12. The second-order valence-electron chi connectivity index (χ2n) is 8.11. The number of fused-ring (bicyclic) bond motifs is 1. The Bertz CT molecular complexity index is 1150. The smallest absolute Gasteiger partial charge is 0.374 e. The molecule has 0 spiro atoms. The highest BCUT2D eigenvalue weighted by molar-refractivity contribution is 5.59. The summed E-state index contributed by atoms with van der Waals surface area (Å²) in [6, 6.07) is 14.2. The van der Waals surface area contributed by atoms with E-state index in [-0.39, 0.29) is 12.6 Å². The molecule has 0 fully saturated rings. The van der Waals surface area contributed by atoms with Crippen LogP contribution >= 0.6 is 0 Å². The first-order chi connectivity index (χ1) is 15.6. The van der Waals surface area contributed by atoms with Crippen LogP contribution in [0.3, 0.4) is 0 Å². The summed E-state index contributed by atoms with van der Waals surface area (Å²) in [5.74, 6) is 1.47. The van der Waals surface area contributed by atoms with Gasteiger partial charge in [0, 0.05) is 23.5 Å². The molecule has 0 amide bonds. The molecule has 0 aliphatic rings. The lowest BCUT2D eigenvalue weighted by Crippen LogP contribution is -2.33. The lowest BCUT2D eigenvalue weighted by molar-refractivity contribution is -0.567. The minimum Gasteiger partial charge on any atom is -0.394 e. The van der Waals surface area contributed by atoms with Gasteiger partial charge in [0.15, 0.2) is 0 Å². The van der Waals surface area contributed by atoms with Crippen LogP contribution in [0.15, 0.2) is 54.9 Å². The maximum atomic E-state index is 9.58. The first kappa shape index (κ1) is 21.7. The van der Waals surface area contributed by atoms with Crippen LogP contribution in [-0.2, 0) is 6.54 Å². The number of H-pyrrole nitrogens is 1. The molecule has 0 saturated heterocycles. The van der Waals surface area contributed by atoms with E-state index in [1.165, 1.54) is 0 Å². The fourth-order valence-corrected chi connectivity index (χ4v) is 3.52. The van der Waals surface area contributed by atoms with Gasteiger partial charge in [0.25, 0.3) is 5.65 Å². The highest BCUT2D eigenvalue weighted by atomic mass is 16.3. The fraction of sp³-hybridized carbons (Fsp3) is 0.333. The topological polar surface area (TPSA) is 103 Å². The second kappa shape index (κ2) is 9.74. The van der Waals surface area contributed by atoms with Crippen molar-refractivity contribution in [1.82, 2.24) is 20.1 Å². The summed E-state index contributed by atoms with van der Waals surface area (Å²) in [7, 11) is 0. The number of rotatable bonds is 9. The van der Waals surface area contributed by atoms with E-state index in [2.05, 4.69) is 63.8 Å². The van der Waals surface area contributed by atoms with Gasteiger partial charge in [-0.05, 0) is 30.0 Å². The van der Waals surface area contributed by atoms with E-state index < -0.39 is 0 Å². The van der Waals surface area contributed by atoms with Gasteiger partial charge in [0.2, 0.25) is 0 Å². The number of aliphatic hydroxyl groups excluding tert-OH is 1. The molecule has 1 atom stereocenters. The number of nitrogens with zero attached hydrogens (tertiary/aromatic N) is 4. The maximum absolute atomic E-state index is 9.58. The Labute approximate surface area is 187 Å². The van der Waals surface area contributed by atoms with Crippen molar-refractivity contribution in [3.05, 3.63) is 66.0 Å². The van der Waals surface area contributed by atoms with Crippen LogP contribution in [0, 0.1) is 0 Å². The summed E-state index contributed by atoms with van der Waals surface area (Å²) in [4.78, 5) is 13.8. The van der Waals surface area contributed by atoms with Gasteiger partial charge in [0.05, 0.1) is 24.9 Å². The van der Waals surface area contributed by atoms with Crippen molar-refractivity contribution in [2.75, 3.05) is 17.2 Å². The zero-order valence-corrected chi connectivity index (χ0v) is 18.7. The van der Waals surface area contributed by atoms with Crippen LogP contribution in [-0.4, -0.2) is 37.8 Å². The number of benzene rings is 1. The molecule has 0 bridgehead atoms. The van der Waals surface area contributed by atoms with Crippen molar-refractivity contribution < 1.29 is 9.62 Å². The first-order valence-corrected chi connectivity index (χ1v) is 11.0. The molecule has 3 heterocycles. The molecule has 0 radical (unpaired) electrons. The standard InChI is InChI=1S/C24H29N7O/c1-4-19(15-32)28-23-29-22-20(16(2)3)14-27-31(22)24(30-23)26-13-17-8-10-18(11-9-17)21-7-5-6-12-25-21/h5-12,14,16,19,32H,4,13,15H2,1-3H3,(H2,26,27,28,29,30)/p+1/t19-/m1/s1. The van der Waals surface area contributed by atoms with Gasteiger partial charge in [-0.15, -0.1) is 4.52 Å². The van der Waals surface area contributed by atoms with E-state index in [1.807, 2.05) is 35.8 Å². The number of aliphatic hydroxyl groups is 1. The molecule has 0 saturated carbocycles. The number of aromatic amines is 1. The third kappa shape index (κ3) is 4.70. The monoisotopic (exact) mass is 432 g/mol. The minimum absolute atomic E-state index is 0.0284. The van der Waals surface area contributed by atoms with E-state index in [1.54, 1.807) is 6.20 Å². The Balaban J connectivity index is 1.58. The molecular weight excluding hydrogens is 402 g/mol. The molecule has 8 nitrogen and oxygen atoms in total. The number of nitrogens with one attached hydrogen (secondary N) is 3. The van der Waals surface area contributed by atoms with E-state index in [0.29, 0.717) is 24.4 Å². The maximum Gasteiger partial charge on any atom is 0.374 e. The predicted molar refractivity (Wildman–Crippen MR) is 125 cm³/mol. The number of anilines is 2.